The highest BCUT2D eigenvalue weighted by atomic mass is 16.4. The first-order valence-corrected chi connectivity index (χ1v) is 7.23. The van der Waals surface area contributed by atoms with E-state index in [1.54, 1.807) is 6.92 Å². The summed E-state index contributed by atoms with van der Waals surface area (Å²) in [7, 11) is 0. The Morgan fingerprint density at radius 2 is 2.04 bits per heavy atom. The third-order valence-corrected chi connectivity index (χ3v) is 3.81. The predicted molar refractivity (Wildman–Crippen MR) is 77.6 cm³/mol. The van der Waals surface area contributed by atoms with Gasteiger partial charge < -0.3 is 19.3 Å². The van der Waals surface area contributed by atoms with Gasteiger partial charge in [0.25, 0.3) is 5.91 Å². The summed E-state index contributed by atoms with van der Waals surface area (Å²) < 4.78 is 10.6. The Labute approximate surface area is 131 Å². The molecular weight excluding hydrogens is 302 g/mol. The lowest BCUT2D eigenvalue weighted by Gasteiger charge is -2.07. The highest BCUT2D eigenvalue weighted by Gasteiger charge is 2.28. The van der Waals surface area contributed by atoms with Crippen LogP contribution in [0.2, 0.25) is 0 Å². The van der Waals surface area contributed by atoms with Gasteiger partial charge in [-0.2, -0.15) is 0 Å². The number of furan rings is 2. The van der Waals surface area contributed by atoms with Gasteiger partial charge in [-0.25, -0.2) is 4.79 Å². The van der Waals surface area contributed by atoms with E-state index >= 15 is 0 Å². The second kappa shape index (κ2) is 5.75. The highest BCUT2D eigenvalue weighted by Crippen LogP contribution is 2.29. The number of nitrogens with one attached hydrogen (secondary N) is 1. The van der Waals surface area contributed by atoms with Gasteiger partial charge in [0, 0.05) is 18.4 Å². The number of fused-ring (bicyclic) bond motifs is 1. The summed E-state index contributed by atoms with van der Waals surface area (Å²) in [6, 6.07) is 2.80. The lowest BCUT2D eigenvalue weighted by atomic mass is 9.94. The van der Waals surface area contributed by atoms with Gasteiger partial charge in [-0.3, -0.25) is 9.59 Å². The van der Waals surface area contributed by atoms with E-state index in [0.29, 0.717) is 35.5 Å². The quantitative estimate of drug-likeness (QED) is 0.895. The average molecular weight is 317 g/mol. The van der Waals surface area contributed by atoms with Crippen LogP contribution >= 0.6 is 0 Å². The maximum Gasteiger partial charge on any atom is 0.371 e. The van der Waals surface area contributed by atoms with Crippen molar-refractivity contribution in [2.24, 2.45) is 0 Å². The average Bonchev–Trinajstić information content (AvgIpc) is 3.11. The lowest BCUT2D eigenvalue weighted by molar-refractivity contribution is 0.0660. The van der Waals surface area contributed by atoms with Gasteiger partial charge in [-0.05, 0) is 25.5 Å². The van der Waals surface area contributed by atoms with E-state index in [1.807, 2.05) is 0 Å². The number of hydrogen-bond acceptors (Lipinski definition) is 5. The zero-order chi connectivity index (χ0) is 16.6. The van der Waals surface area contributed by atoms with Crippen molar-refractivity contribution in [2.75, 3.05) is 0 Å². The minimum atomic E-state index is -1.17. The zero-order valence-corrected chi connectivity index (χ0v) is 12.5. The number of aryl methyl sites for hydroxylation is 1. The fourth-order valence-electron chi connectivity index (χ4n) is 2.70. The second-order valence-corrected chi connectivity index (χ2v) is 5.38. The Hall–Kier alpha value is -2.83. The highest BCUT2D eigenvalue weighted by molar-refractivity contribution is 6.03. The van der Waals surface area contributed by atoms with Crippen molar-refractivity contribution in [3.05, 3.63) is 46.3 Å². The number of aromatic carboxylic acids is 1. The summed E-state index contributed by atoms with van der Waals surface area (Å²) in [4.78, 5) is 34.9. The van der Waals surface area contributed by atoms with Crippen LogP contribution in [-0.4, -0.2) is 22.8 Å². The molecule has 1 aliphatic carbocycles. The standard InChI is InChI=1S/C16H15NO6/c1-8-13-10(18)3-2-4-11(13)23-14(8)15(19)17-7-9-5-6-12(22-9)16(20)21/h5-6H,2-4,7H2,1H3,(H,17,19)(H,20,21). The van der Waals surface area contributed by atoms with Gasteiger partial charge in [0.05, 0.1) is 12.1 Å². The molecule has 0 unspecified atom stereocenters. The van der Waals surface area contributed by atoms with Crippen molar-refractivity contribution < 1.29 is 28.3 Å². The molecule has 23 heavy (non-hydrogen) atoms. The first-order chi connectivity index (χ1) is 11.0. The van der Waals surface area contributed by atoms with Crippen molar-refractivity contribution in [1.82, 2.24) is 5.32 Å². The first kappa shape index (κ1) is 15.1. The van der Waals surface area contributed by atoms with Crippen molar-refractivity contribution in [2.45, 2.75) is 32.7 Å². The molecule has 0 fully saturated rings. The number of ketones is 1. The fraction of sp³-hybridized carbons (Fsp3) is 0.312. The number of hydrogen-bond donors (Lipinski definition) is 2. The molecule has 2 heterocycles. The molecule has 120 valence electrons. The molecule has 7 nitrogen and oxygen atoms in total. The SMILES string of the molecule is Cc1c(C(=O)NCc2ccc(C(=O)O)o2)oc2c1C(=O)CCC2. The normalized spacial score (nSPS) is 13.7. The molecule has 0 radical (unpaired) electrons. The third-order valence-electron chi connectivity index (χ3n) is 3.81. The summed E-state index contributed by atoms with van der Waals surface area (Å²) in [6.07, 6.45) is 1.85. The molecule has 0 saturated carbocycles. The molecule has 2 N–H and O–H groups in total. The molecule has 0 atom stereocenters. The molecule has 0 aliphatic heterocycles. The minimum Gasteiger partial charge on any atom is -0.475 e. The van der Waals surface area contributed by atoms with E-state index in [4.69, 9.17) is 13.9 Å². The molecule has 0 spiro atoms. The van der Waals surface area contributed by atoms with E-state index in [0.717, 1.165) is 6.42 Å². The van der Waals surface area contributed by atoms with Crippen molar-refractivity contribution in [3.63, 3.8) is 0 Å². The molecule has 1 amide bonds. The van der Waals surface area contributed by atoms with Crippen LogP contribution in [0.4, 0.5) is 0 Å². The number of carboxylic acids is 1. The van der Waals surface area contributed by atoms with Crippen LogP contribution in [0.3, 0.4) is 0 Å². The lowest BCUT2D eigenvalue weighted by Crippen LogP contribution is -2.23. The predicted octanol–water partition coefficient (Wildman–Crippen LogP) is 2.33. The van der Waals surface area contributed by atoms with Crippen LogP contribution in [0.5, 0.6) is 0 Å². The number of carbonyl (C=O) groups excluding carboxylic acids is 2. The molecule has 1 aliphatic rings. The van der Waals surface area contributed by atoms with Gasteiger partial charge in [0.1, 0.15) is 11.5 Å². The van der Waals surface area contributed by atoms with Gasteiger partial charge >= 0.3 is 5.97 Å². The minimum absolute atomic E-state index is 0.00341. The third kappa shape index (κ3) is 2.77. The van der Waals surface area contributed by atoms with E-state index in [2.05, 4.69) is 5.32 Å². The summed E-state index contributed by atoms with van der Waals surface area (Å²) >= 11 is 0. The number of amides is 1. The van der Waals surface area contributed by atoms with Crippen LogP contribution in [0.15, 0.2) is 21.0 Å². The van der Waals surface area contributed by atoms with Crippen molar-refractivity contribution >= 4 is 17.7 Å². The summed E-state index contributed by atoms with van der Waals surface area (Å²) in [5.41, 5.74) is 1.07. The topological polar surface area (TPSA) is 110 Å². The molecule has 3 rings (SSSR count). The largest absolute Gasteiger partial charge is 0.475 e. The van der Waals surface area contributed by atoms with Crippen LogP contribution < -0.4 is 5.32 Å². The Kier molecular flexibility index (Phi) is 3.77. The number of rotatable bonds is 4. The number of Topliss-reactive ketones (excluding diaryl/α,β-unsaturated/α-hetero) is 1. The maximum absolute atomic E-state index is 12.2. The smallest absolute Gasteiger partial charge is 0.371 e. The van der Waals surface area contributed by atoms with E-state index in [-0.39, 0.29) is 23.8 Å². The van der Waals surface area contributed by atoms with Gasteiger partial charge in [0.2, 0.25) is 5.76 Å². The van der Waals surface area contributed by atoms with Crippen LogP contribution in [0, 0.1) is 6.92 Å². The van der Waals surface area contributed by atoms with Gasteiger partial charge in [-0.1, -0.05) is 0 Å². The number of carboxylic acid groups (broad SMARTS) is 1. The Morgan fingerprint density at radius 3 is 2.70 bits per heavy atom. The monoisotopic (exact) mass is 317 g/mol. The Morgan fingerprint density at radius 1 is 1.26 bits per heavy atom. The number of carbonyl (C=O) groups is 3. The Bertz CT molecular complexity index is 798. The van der Waals surface area contributed by atoms with Crippen molar-refractivity contribution in [1.29, 1.82) is 0 Å². The van der Waals surface area contributed by atoms with Crippen LogP contribution in [-0.2, 0) is 13.0 Å². The molecule has 2 aromatic rings. The van der Waals surface area contributed by atoms with E-state index in [1.165, 1.54) is 12.1 Å². The fourth-order valence-corrected chi connectivity index (χ4v) is 2.70. The van der Waals surface area contributed by atoms with E-state index < -0.39 is 11.9 Å². The molecule has 7 heteroatoms. The Balaban J connectivity index is 1.73. The first-order valence-electron chi connectivity index (χ1n) is 7.23. The van der Waals surface area contributed by atoms with Gasteiger partial charge in [0.15, 0.2) is 11.5 Å². The second-order valence-electron chi connectivity index (χ2n) is 5.38. The van der Waals surface area contributed by atoms with Crippen LogP contribution in [0.25, 0.3) is 0 Å². The molecule has 0 bridgehead atoms. The zero-order valence-electron chi connectivity index (χ0n) is 12.5. The molecular formula is C16H15NO6. The molecule has 0 saturated heterocycles. The van der Waals surface area contributed by atoms with Gasteiger partial charge in [-0.15, -0.1) is 0 Å². The summed E-state index contributed by atoms with van der Waals surface area (Å²) in [5.74, 6) is -0.812. The van der Waals surface area contributed by atoms with E-state index in [9.17, 15) is 14.4 Å². The van der Waals surface area contributed by atoms with Crippen LogP contribution in [0.1, 0.15) is 61.4 Å². The summed E-state index contributed by atoms with van der Waals surface area (Å²) in [6.45, 7) is 1.72. The molecule has 0 aromatic carbocycles. The summed E-state index contributed by atoms with van der Waals surface area (Å²) in [5, 5.41) is 11.4. The maximum atomic E-state index is 12.2. The molecule has 2 aromatic heterocycles. The van der Waals surface area contributed by atoms with Crippen molar-refractivity contribution in [3.8, 4) is 0 Å².